The molecule has 1 aromatic heterocycles. The molecule has 0 spiro atoms. The van der Waals surface area contributed by atoms with Crippen LogP contribution < -0.4 is 0 Å². The summed E-state index contributed by atoms with van der Waals surface area (Å²) >= 11 is 1.25. The predicted molar refractivity (Wildman–Crippen MR) is 67.0 cm³/mol. The molecule has 1 N–H and O–H groups in total. The van der Waals surface area contributed by atoms with Gasteiger partial charge >= 0.3 is 6.18 Å². The van der Waals surface area contributed by atoms with Gasteiger partial charge in [0.25, 0.3) is 0 Å². The Labute approximate surface area is 112 Å². The maximum Gasteiger partial charge on any atom is 0.416 e. The Morgan fingerprint density at radius 1 is 1.32 bits per heavy atom. The summed E-state index contributed by atoms with van der Waals surface area (Å²) in [5.74, 6) is 0. The van der Waals surface area contributed by atoms with Crippen LogP contribution in [0, 0.1) is 0 Å². The van der Waals surface area contributed by atoms with Gasteiger partial charge in [-0.05, 0) is 18.6 Å². The number of hydrogen-bond donors (Lipinski definition) is 1. The van der Waals surface area contributed by atoms with E-state index < -0.39 is 17.8 Å². The van der Waals surface area contributed by atoms with Crippen molar-refractivity contribution < 1.29 is 18.3 Å². The molecular weight excluding hydrogens is 275 g/mol. The molecule has 0 aliphatic rings. The lowest BCUT2D eigenvalue weighted by Gasteiger charge is -2.11. The summed E-state index contributed by atoms with van der Waals surface area (Å²) in [7, 11) is 0. The Hall–Kier alpha value is -1.40. The van der Waals surface area contributed by atoms with Crippen molar-refractivity contribution in [2.45, 2.75) is 25.6 Å². The SMILES string of the molecule is CC(O)c1csc(Cc2ccccc2C(F)(F)F)n1. The van der Waals surface area contributed by atoms with Crippen LogP contribution in [0.3, 0.4) is 0 Å². The zero-order chi connectivity index (χ0) is 14.0. The summed E-state index contributed by atoms with van der Waals surface area (Å²) in [5, 5.41) is 11.6. The number of aliphatic hydroxyl groups excluding tert-OH is 1. The number of aliphatic hydroxyl groups is 1. The van der Waals surface area contributed by atoms with E-state index in [1.807, 2.05) is 0 Å². The van der Waals surface area contributed by atoms with Crippen molar-refractivity contribution in [3.63, 3.8) is 0 Å². The van der Waals surface area contributed by atoms with Gasteiger partial charge in [0.05, 0.1) is 22.4 Å². The summed E-state index contributed by atoms with van der Waals surface area (Å²) in [6.07, 6.45) is -4.95. The Balaban J connectivity index is 2.28. The molecule has 0 fully saturated rings. The Morgan fingerprint density at radius 2 is 2.00 bits per heavy atom. The van der Waals surface area contributed by atoms with E-state index in [1.165, 1.54) is 23.5 Å². The fraction of sp³-hybridized carbons (Fsp3) is 0.308. The average Bonchev–Trinajstić information content (AvgIpc) is 2.77. The molecule has 0 aliphatic carbocycles. The maximum atomic E-state index is 12.8. The van der Waals surface area contributed by atoms with E-state index in [0.29, 0.717) is 10.7 Å². The van der Waals surface area contributed by atoms with Crippen molar-refractivity contribution in [1.29, 1.82) is 0 Å². The molecule has 0 saturated heterocycles. The minimum atomic E-state index is -4.36. The minimum Gasteiger partial charge on any atom is -0.387 e. The first-order valence-corrected chi connectivity index (χ1v) is 6.53. The van der Waals surface area contributed by atoms with E-state index in [-0.39, 0.29) is 12.0 Å². The molecule has 1 unspecified atom stereocenters. The fourth-order valence-electron chi connectivity index (χ4n) is 1.71. The highest BCUT2D eigenvalue weighted by Gasteiger charge is 2.32. The van der Waals surface area contributed by atoms with Gasteiger partial charge in [-0.15, -0.1) is 11.3 Å². The molecule has 1 atom stereocenters. The fourth-order valence-corrected chi connectivity index (χ4v) is 2.62. The second-order valence-corrected chi connectivity index (χ2v) is 5.12. The van der Waals surface area contributed by atoms with Crippen molar-refractivity contribution in [2.24, 2.45) is 0 Å². The number of thiazole rings is 1. The Morgan fingerprint density at radius 3 is 2.58 bits per heavy atom. The quantitative estimate of drug-likeness (QED) is 0.931. The van der Waals surface area contributed by atoms with Gasteiger partial charge < -0.3 is 5.11 Å². The molecule has 0 bridgehead atoms. The van der Waals surface area contributed by atoms with Crippen LogP contribution in [-0.2, 0) is 12.6 Å². The van der Waals surface area contributed by atoms with Crippen LogP contribution in [0.4, 0.5) is 13.2 Å². The van der Waals surface area contributed by atoms with Gasteiger partial charge in [-0.25, -0.2) is 4.98 Å². The van der Waals surface area contributed by atoms with Crippen LogP contribution in [-0.4, -0.2) is 10.1 Å². The van der Waals surface area contributed by atoms with E-state index in [4.69, 9.17) is 0 Å². The van der Waals surface area contributed by atoms with Gasteiger partial charge in [-0.3, -0.25) is 0 Å². The van der Waals surface area contributed by atoms with Crippen LogP contribution in [0.25, 0.3) is 0 Å². The van der Waals surface area contributed by atoms with Crippen LogP contribution in [0.1, 0.15) is 34.9 Å². The Kier molecular flexibility index (Phi) is 3.91. The van der Waals surface area contributed by atoms with E-state index in [9.17, 15) is 18.3 Å². The molecule has 1 heterocycles. The normalized spacial score (nSPS) is 13.5. The van der Waals surface area contributed by atoms with Gasteiger partial charge in [-0.1, -0.05) is 18.2 Å². The monoisotopic (exact) mass is 287 g/mol. The van der Waals surface area contributed by atoms with E-state index in [1.54, 1.807) is 18.4 Å². The Bertz CT molecular complexity index is 563. The zero-order valence-electron chi connectivity index (χ0n) is 10.1. The molecule has 1 aromatic carbocycles. The van der Waals surface area contributed by atoms with Gasteiger partial charge in [0.15, 0.2) is 0 Å². The lowest BCUT2D eigenvalue weighted by atomic mass is 10.0. The van der Waals surface area contributed by atoms with Crippen LogP contribution in [0.5, 0.6) is 0 Å². The summed E-state index contributed by atoms with van der Waals surface area (Å²) in [5.41, 5.74) is 0.0507. The van der Waals surface area contributed by atoms with Gasteiger partial charge in [0.2, 0.25) is 0 Å². The molecule has 0 amide bonds. The number of aromatic nitrogens is 1. The van der Waals surface area contributed by atoms with E-state index >= 15 is 0 Å². The second-order valence-electron chi connectivity index (χ2n) is 4.17. The molecule has 2 aromatic rings. The van der Waals surface area contributed by atoms with Crippen LogP contribution >= 0.6 is 11.3 Å². The molecular formula is C13H12F3NOS. The molecule has 102 valence electrons. The van der Waals surface area contributed by atoms with E-state index in [2.05, 4.69) is 4.98 Å². The summed E-state index contributed by atoms with van der Waals surface area (Å²) in [6.45, 7) is 1.57. The summed E-state index contributed by atoms with van der Waals surface area (Å²) in [4.78, 5) is 4.13. The smallest absolute Gasteiger partial charge is 0.387 e. The second kappa shape index (κ2) is 5.30. The van der Waals surface area contributed by atoms with Crippen molar-refractivity contribution in [2.75, 3.05) is 0 Å². The molecule has 0 aliphatic heterocycles. The van der Waals surface area contributed by atoms with Crippen molar-refractivity contribution in [1.82, 2.24) is 4.98 Å². The molecule has 19 heavy (non-hydrogen) atoms. The predicted octanol–water partition coefficient (Wildman–Crippen LogP) is 3.81. The van der Waals surface area contributed by atoms with Crippen LogP contribution in [0.15, 0.2) is 29.6 Å². The van der Waals surface area contributed by atoms with Gasteiger partial charge in [0.1, 0.15) is 0 Å². The average molecular weight is 287 g/mol. The number of hydrogen-bond acceptors (Lipinski definition) is 3. The molecule has 0 saturated carbocycles. The highest BCUT2D eigenvalue weighted by Crippen LogP contribution is 2.33. The zero-order valence-corrected chi connectivity index (χ0v) is 10.9. The summed E-state index contributed by atoms with van der Waals surface area (Å²) < 4.78 is 38.5. The summed E-state index contributed by atoms with van der Waals surface area (Å²) in [6, 6.07) is 5.47. The van der Waals surface area contributed by atoms with Crippen molar-refractivity contribution in [3.8, 4) is 0 Å². The molecule has 2 rings (SSSR count). The number of alkyl halides is 3. The number of nitrogens with zero attached hydrogens (tertiary/aromatic N) is 1. The first kappa shape index (κ1) is 14.0. The van der Waals surface area contributed by atoms with Crippen LogP contribution in [0.2, 0.25) is 0 Å². The number of halogens is 3. The first-order valence-electron chi connectivity index (χ1n) is 5.65. The van der Waals surface area contributed by atoms with E-state index in [0.717, 1.165) is 6.07 Å². The highest BCUT2D eigenvalue weighted by molar-refractivity contribution is 7.09. The maximum absolute atomic E-state index is 12.8. The van der Waals surface area contributed by atoms with Crippen molar-refractivity contribution in [3.05, 3.63) is 51.5 Å². The minimum absolute atomic E-state index is 0.118. The largest absolute Gasteiger partial charge is 0.416 e. The standard InChI is InChI=1S/C13H12F3NOS/c1-8(18)11-7-19-12(17-11)6-9-4-2-3-5-10(9)13(14,15)16/h2-5,7-8,18H,6H2,1H3. The first-order chi connectivity index (χ1) is 8.88. The lowest BCUT2D eigenvalue weighted by Crippen LogP contribution is -2.09. The van der Waals surface area contributed by atoms with Gasteiger partial charge in [0, 0.05) is 11.8 Å². The molecule has 6 heteroatoms. The molecule has 2 nitrogen and oxygen atoms in total. The topological polar surface area (TPSA) is 33.1 Å². The highest BCUT2D eigenvalue weighted by atomic mass is 32.1. The number of benzene rings is 1. The van der Waals surface area contributed by atoms with Crippen molar-refractivity contribution >= 4 is 11.3 Å². The number of rotatable bonds is 3. The molecule has 0 radical (unpaired) electrons. The van der Waals surface area contributed by atoms with Gasteiger partial charge in [-0.2, -0.15) is 13.2 Å². The third-order valence-electron chi connectivity index (χ3n) is 2.66. The lowest BCUT2D eigenvalue weighted by molar-refractivity contribution is -0.138. The third-order valence-corrected chi connectivity index (χ3v) is 3.53. The third kappa shape index (κ3) is 3.33.